The van der Waals surface area contributed by atoms with Crippen LogP contribution in [-0.4, -0.2) is 16.8 Å². The number of aromatic nitrogens is 2. The average Bonchev–Trinajstić information content (AvgIpc) is 2.36. The maximum absolute atomic E-state index is 13.1. The molecule has 0 N–H and O–H groups in total. The summed E-state index contributed by atoms with van der Waals surface area (Å²) in [5.41, 5.74) is 0.957. The van der Waals surface area contributed by atoms with E-state index in [1.807, 2.05) is 6.07 Å². The van der Waals surface area contributed by atoms with Gasteiger partial charge in [0.2, 0.25) is 0 Å². The second-order valence-electron chi connectivity index (χ2n) is 4.26. The van der Waals surface area contributed by atoms with Gasteiger partial charge in [0.25, 0.3) is 5.56 Å². The summed E-state index contributed by atoms with van der Waals surface area (Å²) in [6, 6.07) is 6.28. The summed E-state index contributed by atoms with van der Waals surface area (Å²) in [6.45, 7) is 0.437. The molecule has 2 rings (SSSR count). The van der Waals surface area contributed by atoms with Gasteiger partial charge in [-0.1, -0.05) is 23.7 Å². The number of rotatable bonds is 3. The van der Waals surface area contributed by atoms with Gasteiger partial charge in [-0.05, 0) is 17.7 Å². The van der Waals surface area contributed by atoms with Gasteiger partial charge in [0.15, 0.2) is 0 Å². The normalized spacial score (nSPS) is 10.5. The number of anilines is 1. The summed E-state index contributed by atoms with van der Waals surface area (Å²) < 4.78 is 14.3. The lowest BCUT2D eigenvalue weighted by atomic mass is 10.2. The lowest BCUT2D eigenvalue weighted by Gasteiger charge is -2.20. The first-order valence-corrected chi connectivity index (χ1v) is 6.04. The third kappa shape index (κ3) is 2.93. The summed E-state index contributed by atoms with van der Waals surface area (Å²) in [4.78, 5) is 13.4. The molecular formula is C13H13ClFN3O. The fraction of sp³-hybridized carbons (Fsp3) is 0.231. The van der Waals surface area contributed by atoms with Crippen LogP contribution in [0, 0.1) is 5.82 Å². The standard InChI is InChI=1S/C13H13ClFN3O/c1-17(8-9-4-3-5-10(15)6-9)11-7-16-18(2)13(19)12(11)14/h3-7H,8H2,1-2H3. The van der Waals surface area contributed by atoms with Gasteiger partial charge in [-0.3, -0.25) is 4.79 Å². The molecule has 2 aromatic rings. The van der Waals surface area contributed by atoms with Crippen LogP contribution in [-0.2, 0) is 13.6 Å². The molecule has 0 bridgehead atoms. The maximum atomic E-state index is 13.1. The van der Waals surface area contributed by atoms with E-state index in [2.05, 4.69) is 5.10 Å². The second-order valence-corrected chi connectivity index (χ2v) is 4.64. The molecule has 1 aromatic heterocycles. The Morgan fingerprint density at radius 1 is 1.47 bits per heavy atom. The van der Waals surface area contributed by atoms with Crippen LogP contribution in [0.25, 0.3) is 0 Å². The highest BCUT2D eigenvalue weighted by molar-refractivity contribution is 6.32. The van der Waals surface area contributed by atoms with Crippen molar-refractivity contribution >= 4 is 17.3 Å². The van der Waals surface area contributed by atoms with Crippen molar-refractivity contribution in [3.05, 3.63) is 57.2 Å². The van der Waals surface area contributed by atoms with Gasteiger partial charge < -0.3 is 4.90 Å². The van der Waals surface area contributed by atoms with Gasteiger partial charge in [-0.2, -0.15) is 5.10 Å². The van der Waals surface area contributed by atoms with E-state index < -0.39 is 0 Å². The number of nitrogens with zero attached hydrogens (tertiary/aromatic N) is 3. The third-order valence-corrected chi connectivity index (χ3v) is 3.14. The minimum Gasteiger partial charge on any atom is -0.368 e. The summed E-state index contributed by atoms with van der Waals surface area (Å²) in [6.07, 6.45) is 1.52. The first-order chi connectivity index (χ1) is 8.99. The number of hydrogen-bond donors (Lipinski definition) is 0. The van der Waals surface area contributed by atoms with Crippen molar-refractivity contribution in [1.29, 1.82) is 0 Å². The molecule has 0 aliphatic rings. The summed E-state index contributed by atoms with van der Waals surface area (Å²) in [7, 11) is 3.30. The highest BCUT2D eigenvalue weighted by Gasteiger charge is 2.12. The van der Waals surface area contributed by atoms with Gasteiger partial charge in [0, 0.05) is 20.6 Å². The smallest absolute Gasteiger partial charge is 0.287 e. The van der Waals surface area contributed by atoms with Gasteiger partial charge in [-0.25, -0.2) is 9.07 Å². The molecule has 0 aliphatic carbocycles. The van der Waals surface area contributed by atoms with E-state index in [1.165, 1.54) is 30.1 Å². The molecule has 100 valence electrons. The quantitative estimate of drug-likeness (QED) is 0.866. The van der Waals surface area contributed by atoms with Crippen molar-refractivity contribution in [2.24, 2.45) is 7.05 Å². The molecule has 19 heavy (non-hydrogen) atoms. The molecule has 6 heteroatoms. The summed E-state index contributed by atoms with van der Waals surface area (Å²) in [5.74, 6) is -0.293. The van der Waals surface area contributed by atoms with E-state index in [1.54, 1.807) is 18.0 Å². The Hall–Kier alpha value is -1.88. The number of benzene rings is 1. The van der Waals surface area contributed by atoms with Crippen LogP contribution in [0.15, 0.2) is 35.3 Å². The van der Waals surface area contributed by atoms with Crippen LogP contribution in [0.2, 0.25) is 5.02 Å². The topological polar surface area (TPSA) is 38.1 Å². The highest BCUT2D eigenvalue weighted by Crippen LogP contribution is 2.21. The monoisotopic (exact) mass is 281 g/mol. The van der Waals surface area contributed by atoms with Crippen molar-refractivity contribution in [1.82, 2.24) is 9.78 Å². The van der Waals surface area contributed by atoms with Crippen LogP contribution < -0.4 is 10.5 Å². The van der Waals surface area contributed by atoms with E-state index in [-0.39, 0.29) is 16.4 Å². The number of halogens is 2. The largest absolute Gasteiger partial charge is 0.368 e. The molecule has 0 saturated carbocycles. The Morgan fingerprint density at radius 2 is 2.21 bits per heavy atom. The van der Waals surface area contributed by atoms with Crippen molar-refractivity contribution in [3.63, 3.8) is 0 Å². The minimum atomic E-state index is -0.356. The van der Waals surface area contributed by atoms with Crippen LogP contribution in [0.4, 0.5) is 10.1 Å². The molecule has 0 saturated heterocycles. The number of aryl methyl sites for hydroxylation is 1. The fourth-order valence-corrected chi connectivity index (χ4v) is 2.08. The average molecular weight is 282 g/mol. The van der Waals surface area contributed by atoms with Crippen LogP contribution in [0.5, 0.6) is 0 Å². The third-order valence-electron chi connectivity index (χ3n) is 2.78. The number of hydrogen-bond acceptors (Lipinski definition) is 3. The van der Waals surface area contributed by atoms with Crippen LogP contribution in [0.1, 0.15) is 5.56 Å². The Kier molecular flexibility index (Phi) is 3.85. The van der Waals surface area contributed by atoms with Gasteiger partial charge in [0.05, 0.1) is 11.9 Å². The minimum absolute atomic E-state index is 0.108. The van der Waals surface area contributed by atoms with Gasteiger partial charge in [-0.15, -0.1) is 0 Å². The molecule has 0 unspecified atom stereocenters. The van der Waals surface area contributed by atoms with E-state index in [0.29, 0.717) is 12.2 Å². The fourth-order valence-electron chi connectivity index (χ4n) is 1.76. The lowest BCUT2D eigenvalue weighted by molar-refractivity contribution is 0.625. The zero-order valence-electron chi connectivity index (χ0n) is 10.6. The molecule has 1 heterocycles. The zero-order valence-corrected chi connectivity index (χ0v) is 11.4. The summed E-state index contributed by atoms with van der Waals surface area (Å²) >= 11 is 6.00. The molecule has 0 radical (unpaired) electrons. The molecule has 0 spiro atoms. The molecule has 0 aliphatic heterocycles. The highest BCUT2D eigenvalue weighted by atomic mass is 35.5. The van der Waals surface area contributed by atoms with Crippen molar-refractivity contribution in [2.45, 2.75) is 6.54 Å². The first kappa shape index (κ1) is 13.5. The van der Waals surface area contributed by atoms with Crippen molar-refractivity contribution in [2.75, 3.05) is 11.9 Å². The predicted molar refractivity (Wildman–Crippen MR) is 73.0 cm³/mol. The Balaban J connectivity index is 2.28. The zero-order chi connectivity index (χ0) is 14.0. The predicted octanol–water partition coefficient (Wildman–Crippen LogP) is 2.21. The Labute approximate surface area is 115 Å². The molecular weight excluding hydrogens is 269 g/mol. The van der Waals surface area contributed by atoms with Gasteiger partial charge >= 0.3 is 0 Å². The second kappa shape index (κ2) is 5.40. The molecule has 0 amide bonds. The molecule has 1 aromatic carbocycles. The molecule has 4 nitrogen and oxygen atoms in total. The Bertz CT molecular complexity index is 657. The maximum Gasteiger partial charge on any atom is 0.287 e. The van der Waals surface area contributed by atoms with Crippen LogP contribution >= 0.6 is 11.6 Å². The van der Waals surface area contributed by atoms with E-state index in [9.17, 15) is 9.18 Å². The molecule has 0 atom stereocenters. The lowest BCUT2D eigenvalue weighted by Crippen LogP contribution is -2.25. The first-order valence-electron chi connectivity index (χ1n) is 5.66. The Morgan fingerprint density at radius 3 is 2.89 bits per heavy atom. The van der Waals surface area contributed by atoms with Crippen molar-refractivity contribution < 1.29 is 4.39 Å². The summed E-state index contributed by atoms with van der Waals surface area (Å²) in [5, 5.41) is 4.03. The van der Waals surface area contributed by atoms with Crippen LogP contribution in [0.3, 0.4) is 0 Å². The van der Waals surface area contributed by atoms with Gasteiger partial charge in [0.1, 0.15) is 10.8 Å². The van der Waals surface area contributed by atoms with E-state index in [0.717, 1.165) is 5.56 Å². The molecule has 0 fully saturated rings. The SMILES string of the molecule is CN(Cc1cccc(F)c1)c1cnn(C)c(=O)c1Cl. The van der Waals surface area contributed by atoms with E-state index in [4.69, 9.17) is 11.6 Å². The van der Waals surface area contributed by atoms with Crippen molar-refractivity contribution in [3.8, 4) is 0 Å². The van der Waals surface area contributed by atoms with E-state index >= 15 is 0 Å².